The Hall–Kier alpha value is -0.380. The smallest absolute Gasteiger partial charge is 0.0599 e. The van der Waals surface area contributed by atoms with Crippen molar-refractivity contribution in [3.8, 4) is 0 Å². The summed E-state index contributed by atoms with van der Waals surface area (Å²) in [6, 6.07) is 0.797. The van der Waals surface area contributed by atoms with Crippen LogP contribution in [0.3, 0.4) is 0 Å². The molecule has 1 rings (SSSR count). The molecule has 1 aliphatic heterocycles. The Kier molecular flexibility index (Phi) is 4.58. The Morgan fingerprint density at radius 1 is 1.57 bits per heavy atom. The van der Waals surface area contributed by atoms with Crippen molar-refractivity contribution in [2.45, 2.75) is 25.4 Å². The third-order valence-electron chi connectivity index (χ3n) is 3.04. The normalized spacial score (nSPS) is 31.4. The van der Waals surface area contributed by atoms with Crippen molar-refractivity contribution >= 4 is 0 Å². The zero-order valence-electron chi connectivity index (χ0n) is 9.32. The first-order valence-electron chi connectivity index (χ1n) is 5.35. The molecule has 0 saturated carbocycles. The number of likely N-dealkylation sites (N-methyl/N-ethyl adjacent to an activating group) is 1. The fourth-order valence-electron chi connectivity index (χ4n) is 2.13. The molecule has 2 unspecified atom stereocenters. The molecule has 2 atom stereocenters. The maximum absolute atomic E-state index is 9.35. The highest BCUT2D eigenvalue weighted by atomic mass is 16.3. The van der Waals surface area contributed by atoms with E-state index >= 15 is 0 Å². The molecule has 3 heteroatoms. The molecule has 0 spiro atoms. The van der Waals surface area contributed by atoms with Gasteiger partial charge in [-0.1, -0.05) is 6.08 Å². The molecule has 0 aromatic heterocycles. The van der Waals surface area contributed by atoms with Crippen molar-refractivity contribution in [2.75, 3.05) is 33.3 Å². The molecule has 0 aromatic rings. The van der Waals surface area contributed by atoms with Gasteiger partial charge in [-0.2, -0.15) is 0 Å². The van der Waals surface area contributed by atoms with Crippen molar-refractivity contribution in [1.29, 1.82) is 0 Å². The second-order valence-electron chi connectivity index (χ2n) is 4.22. The minimum Gasteiger partial charge on any atom is -0.395 e. The summed E-state index contributed by atoms with van der Waals surface area (Å²) in [7, 11) is 2.12. The Labute approximate surface area is 87.0 Å². The van der Waals surface area contributed by atoms with Crippen molar-refractivity contribution in [3.63, 3.8) is 0 Å². The Morgan fingerprint density at radius 2 is 2.29 bits per heavy atom. The molecule has 0 radical (unpaired) electrons. The van der Waals surface area contributed by atoms with E-state index < -0.39 is 0 Å². The van der Waals surface area contributed by atoms with Gasteiger partial charge in [0.2, 0.25) is 0 Å². The third-order valence-corrected chi connectivity index (χ3v) is 3.04. The lowest BCUT2D eigenvalue weighted by Gasteiger charge is -2.32. The fraction of sp³-hybridized carbons (Fsp3) is 0.818. The van der Waals surface area contributed by atoms with Gasteiger partial charge in [0.1, 0.15) is 0 Å². The van der Waals surface area contributed by atoms with Gasteiger partial charge >= 0.3 is 0 Å². The van der Waals surface area contributed by atoms with Gasteiger partial charge < -0.3 is 10.0 Å². The van der Waals surface area contributed by atoms with Crippen LogP contribution in [-0.2, 0) is 0 Å². The summed E-state index contributed by atoms with van der Waals surface area (Å²) in [6.45, 7) is 9.18. The molecule has 3 nitrogen and oxygen atoms in total. The van der Waals surface area contributed by atoms with Crippen LogP contribution in [0.25, 0.3) is 0 Å². The summed E-state index contributed by atoms with van der Waals surface area (Å²) >= 11 is 0. The SMILES string of the molecule is C=CCN1C(C)CCN(C)CC1CO. The second kappa shape index (κ2) is 5.49. The molecule has 14 heavy (non-hydrogen) atoms. The van der Waals surface area contributed by atoms with Crippen LogP contribution in [0.1, 0.15) is 13.3 Å². The predicted octanol–water partition coefficient (Wildman–Crippen LogP) is 0.559. The molecular weight excluding hydrogens is 176 g/mol. The standard InChI is InChI=1S/C11H22N2O/c1-4-6-13-10(2)5-7-12(3)8-11(13)9-14/h4,10-11,14H,1,5-9H2,2-3H3. The van der Waals surface area contributed by atoms with Crippen LogP contribution in [-0.4, -0.2) is 60.3 Å². The molecule has 0 aromatic carbocycles. The minimum absolute atomic E-state index is 0.239. The average molecular weight is 198 g/mol. The molecular formula is C11H22N2O. The van der Waals surface area contributed by atoms with E-state index in [0.717, 1.165) is 19.6 Å². The van der Waals surface area contributed by atoms with Gasteiger partial charge in [-0.3, -0.25) is 4.90 Å². The second-order valence-corrected chi connectivity index (χ2v) is 4.22. The fourth-order valence-corrected chi connectivity index (χ4v) is 2.13. The predicted molar refractivity (Wildman–Crippen MR) is 59.4 cm³/mol. The average Bonchev–Trinajstić information content (AvgIpc) is 2.31. The Bertz CT molecular complexity index is 184. The van der Waals surface area contributed by atoms with Crippen LogP contribution in [0.5, 0.6) is 0 Å². The number of nitrogens with zero attached hydrogens (tertiary/aromatic N) is 2. The lowest BCUT2D eigenvalue weighted by molar-refractivity contribution is 0.100. The first-order valence-corrected chi connectivity index (χ1v) is 5.35. The molecule has 1 aliphatic rings. The lowest BCUT2D eigenvalue weighted by atomic mass is 10.1. The van der Waals surface area contributed by atoms with Gasteiger partial charge in [0, 0.05) is 25.2 Å². The van der Waals surface area contributed by atoms with E-state index in [-0.39, 0.29) is 12.6 Å². The Morgan fingerprint density at radius 3 is 2.86 bits per heavy atom. The van der Waals surface area contributed by atoms with Crippen molar-refractivity contribution < 1.29 is 5.11 Å². The van der Waals surface area contributed by atoms with E-state index in [1.54, 1.807) is 0 Å². The Balaban J connectivity index is 2.67. The molecule has 1 saturated heterocycles. The highest BCUT2D eigenvalue weighted by Crippen LogP contribution is 2.14. The highest BCUT2D eigenvalue weighted by Gasteiger charge is 2.26. The third kappa shape index (κ3) is 2.80. The van der Waals surface area contributed by atoms with Crippen molar-refractivity contribution in [3.05, 3.63) is 12.7 Å². The van der Waals surface area contributed by atoms with E-state index in [9.17, 15) is 5.11 Å². The van der Waals surface area contributed by atoms with E-state index in [4.69, 9.17) is 0 Å². The first-order chi connectivity index (χ1) is 6.69. The minimum atomic E-state index is 0.239. The maximum Gasteiger partial charge on any atom is 0.0599 e. The van der Waals surface area contributed by atoms with Gasteiger partial charge in [0.25, 0.3) is 0 Å². The van der Waals surface area contributed by atoms with Gasteiger partial charge in [-0.25, -0.2) is 0 Å². The van der Waals surface area contributed by atoms with Crippen LogP contribution in [0.15, 0.2) is 12.7 Å². The number of rotatable bonds is 3. The lowest BCUT2D eigenvalue weighted by Crippen LogP contribution is -2.46. The van der Waals surface area contributed by atoms with Crippen molar-refractivity contribution in [2.24, 2.45) is 0 Å². The molecule has 0 aliphatic carbocycles. The summed E-state index contributed by atoms with van der Waals surface area (Å²) in [4.78, 5) is 4.64. The molecule has 0 amide bonds. The largest absolute Gasteiger partial charge is 0.395 e. The summed E-state index contributed by atoms with van der Waals surface area (Å²) in [5.74, 6) is 0. The van der Waals surface area contributed by atoms with E-state index in [0.29, 0.717) is 6.04 Å². The van der Waals surface area contributed by atoms with E-state index in [1.165, 1.54) is 6.42 Å². The summed E-state index contributed by atoms with van der Waals surface area (Å²) in [6.07, 6.45) is 3.09. The molecule has 1 heterocycles. The van der Waals surface area contributed by atoms with E-state index in [1.807, 2.05) is 6.08 Å². The first kappa shape index (κ1) is 11.7. The number of hydrogen-bond acceptors (Lipinski definition) is 3. The molecule has 82 valence electrons. The number of aliphatic hydroxyl groups is 1. The summed E-state index contributed by atoms with van der Waals surface area (Å²) < 4.78 is 0. The number of hydrogen-bond donors (Lipinski definition) is 1. The van der Waals surface area contributed by atoms with Crippen LogP contribution in [0.4, 0.5) is 0 Å². The van der Waals surface area contributed by atoms with Crippen LogP contribution in [0.2, 0.25) is 0 Å². The zero-order chi connectivity index (χ0) is 10.6. The van der Waals surface area contributed by atoms with Crippen LogP contribution >= 0.6 is 0 Å². The van der Waals surface area contributed by atoms with E-state index in [2.05, 4.69) is 30.4 Å². The molecule has 0 bridgehead atoms. The zero-order valence-corrected chi connectivity index (χ0v) is 9.32. The topological polar surface area (TPSA) is 26.7 Å². The quantitative estimate of drug-likeness (QED) is 0.671. The molecule has 1 fully saturated rings. The van der Waals surface area contributed by atoms with Gasteiger partial charge in [0.05, 0.1) is 6.61 Å². The van der Waals surface area contributed by atoms with Crippen LogP contribution < -0.4 is 0 Å². The molecule has 1 N–H and O–H groups in total. The summed E-state index contributed by atoms with van der Waals surface area (Å²) in [5, 5.41) is 9.35. The van der Waals surface area contributed by atoms with Crippen LogP contribution in [0, 0.1) is 0 Å². The van der Waals surface area contributed by atoms with Gasteiger partial charge in [-0.05, 0) is 26.9 Å². The van der Waals surface area contributed by atoms with Crippen molar-refractivity contribution in [1.82, 2.24) is 9.80 Å². The highest BCUT2D eigenvalue weighted by molar-refractivity contribution is 4.87. The van der Waals surface area contributed by atoms with Gasteiger partial charge in [0.15, 0.2) is 0 Å². The van der Waals surface area contributed by atoms with Gasteiger partial charge in [-0.15, -0.1) is 6.58 Å². The maximum atomic E-state index is 9.35. The monoisotopic (exact) mass is 198 g/mol. The number of aliphatic hydroxyl groups excluding tert-OH is 1. The summed E-state index contributed by atoms with van der Waals surface area (Å²) in [5.41, 5.74) is 0.